The first-order valence-electron chi connectivity index (χ1n) is 14.8. The van der Waals surface area contributed by atoms with E-state index < -0.39 is 0 Å². The smallest absolute Gasteiger partial charge is 0.222 e. The van der Waals surface area contributed by atoms with Crippen molar-refractivity contribution < 1.29 is 4.74 Å². The van der Waals surface area contributed by atoms with Crippen molar-refractivity contribution in [3.05, 3.63) is 41.6 Å². The van der Waals surface area contributed by atoms with Gasteiger partial charge in [-0.2, -0.15) is 4.98 Å². The molecule has 2 aliphatic heterocycles. The van der Waals surface area contributed by atoms with E-state index in [4.69, 9.17) is 21.3 Å². The number of unbranched alkanes of at least 4 members (excludes halogenated alkanes) is 2. The molecule has 6 N–H and O–H groups in total. The van der Waals surface area contributed by atoms with Gasteiger partial charge in [-0.1, -0.05) is 31.9 Å². The summed E-state index contributed by atoms with van der Waals surface area (Å²) in [5, 5.41) is 23.5. The molecule has 1 aromatic carbocycles. The van der Waals surface area contributed by atoms with Gasteiger partial charge in [0, 0.05) is 43.9 Å². The molecule has 3 aromatic rings. The molecular weight excluding hydrogens is 516 g/mol. The van der Waals surface area contributed by atoms with E-state index in [9.17, 15) is 0 Å². The Morgan fingerprint density at radius 2 is 1.98 bits per heavy atom. The van der Waals surface area contributed by atoms with Crippen LogP contribution in [0.25, 0.3) is 11.0 Å². The van der Waals surface area contributed by atoms with Crippen molar-refractivity contribution in [2.75, 3.05) is 57.4 Å². The molecule has 11 nitrogen and oxygen atoms in total. The SMILES string of the molecule is CCCCCNc1nc(N)nc2ccn(Cc3ccc(CN4CCC(C(=N)N5CCNCC5=N)CC4)cc3OC)c12. The molecule has 0 amide bonds. The molecule has 0 spiro atoms. The van der Waals surface area contributed by atoms with Gasteiger partial charge in [0.25, 0.3) is 0 Å². The average molecular weight is 561 g/mol. The van der Waals surface area contributed by atoms with E-state index in [0.717, 1.165) is 86.7 Å². The lowest BCUT2D eigenvalue weighted by molar-refractivity contribution is 0.197. The second kappa shape index (κ2) is 13.3. The molecule has 2 fully saturated rings. The number of fused-ring (bicyclic) bond motifs is 1. The van der Waals surface area contributed by atoms with Crippen LogP contribution in [0, 0.1) is 16.7 Å². The van der Waals surface area contributed by atoms with Gasteiger partial charge in [-0.15, -0.1) is 0 Å². The van der Waals surface area contributed by atoms with Crippen LogP contribution in [-0.2, 0) is 13.1 Å². The number of nitrogen functional groups attached to an aromatic ring is 1. The van der Waals surface area contributed by atoms with Crippen molar-refractivity contribution in [3.8, 4) is 5.75 Å². The van der Waals surface area contributed by atoms with E-state index in [1.807, 2.05) is 17.2 Å². The summed E-state index contributed by atoms with van der Waals surface area (Å²) < 4.78 is 8.00. The van der Waals surface area contributed by atoms with Gasteiger partial charge in [0.1, 0.15) is 22.9 Å². The fraction of sp³-hybridized carbons (Fsp3) is 0.533. The fourth-order valence-corrected chi connectivity index (χ4v) is 5.90. The summed E-state index contributed by atoms with van der Waals surface area (Å²) in [6.07, 6.45) is 7.36. The molecule has 11 heteroatoms. The summed E-state index contributed by atoms with van der Waals surface area (Å²) in [5.74, 6) is 3.27. The highest BCUT2D eigenvalue weighted by molar-refractivity contribution is 6.00. The molecule has 0 bridgehead atoms. The molecule has 5 rings (SSSR count). The number of hydrogen-bond acceptors (Lipinski definition) is 9. The Kier molecular flexibility index (Phi) is 9.35. The summed E-state index contributed by atoms with van der Waals surface area (Å²) in [5.41, 5.74) is 10.1. The molecule has 220 valence electrons. The molecular formula is C30H44N10O. The monoisotopic (exact) mass is 560 g/mol. The van der Waals surface area contributed by atoms with Gasteiger partial charge in [-0.05, 0) is 50.0 Å². The van der Waals surface area contributed by atoms with Gasteiger partial charge in [0.2, 0.25) is 5.95 Å². The summed E-state index contributed by atoms with van der Waals surface area (Å²) in [6, 6.07) is 8.48. The maximum atomic E-state index is 8.68. The zero-order valence-electron chi connectivity index (χ0n) is 24.4. The maximum Gasteiger partial charge on any atom is 0.222 e. The number of ether oxygens (including phenoxy) is 1. The second-order valence-electron chi connectivity index (χ2n) is 11.1. The number of benzene rings is 1. The summed E-state index contributed by atoms with van der Waals surface area (Å²) in [7, 11) is 1.73. The molecule has 2 saturated heterocycles. The Morgan fingerprint density at radius 3 is 2.73 bits per heavy atom. The molecule has 2 aromatic heterocycles. The number of piperazine rings is 1. The number of likely N-dealkylation sites (tertiary alicyclic amines) is 1. The zero-order valence-corrected chi connectivity index (χ0v) is 24.4. The van der Waals surface area contributed by atoms with Crippen molar-refractivity contribution in [2.24, 2.45) is 5.92 Å². The lowest BCUT2D eigenvalue weighted by Crippen LogP contribution is -2.53. The van der Waals surface area contributed by atoms with Crippen LogP contribution in [0.1, 0.15) is 50.2 Å². The lowest BCUT2D eigenvalue weighted by atomic mass is 9.94. The fourth-order valence-electron chi connectivity index (χ4n) is 5.90. The van der Waals surface area contributed by atoms with Gasteiger partial charge >= 0.3 is 0 Å². The molecule has 0 saturated carbocycles. The second-order valence-corrected chi connectivity index (χ2v) is 11.1. The third kappa shape index (κ3) is 6.79. The first kappa shape index (κ1) is 28.8. The Balaban J connectivity index is 1.23. The normalized spacial score (nSPS) is 16.8. The lowest BCUT2D eigenvalue weighted by Gasteiger charge is -2.37. The number of methoxy groups -OCH3 is 1. The molecule has 4 heterocycles. The maximum absolute atomic E-state index is 8.68. The van der Waals surface area contributed by atoms with Crippen LogP contribution >= 0.6 is 0 Å². The van der Waals surface area contributed by atoms with E-state index in [0.29, 0.717) is 24.8 Å². The Hall–Kier alpha value is -3.70. The van der Waals surface area contributed by atoms with E-state index in [2.05, 4.69) is 55.2 Å². The Labute approximate surface area is 242 Å². The summed E-state index contributed by atoms with van der Waals surface area (Å²) in [6.45, 7) is 8.54. The van der Waals surface area contributed by atoms with E-state index in [1.54, 1.807) is 7.11 Å². The Bertz CT molecular complexity index is 1360. The Morgan fingerprint density at radius 1 is 1.15 bits per heavy atom. The minimum absolute atomic E-state index is 0.225. The quantitative estimate of drug-likeness (QED) is 0.136. The van der Waals surface area contributed by atoms with Crippen LogP contribution in [0.2, 0.25) is 0 Å². The summed E-state index contributed by atoms with van der Waals surface area (Å²) in [4.78, 5) is 13.3. The highest BCUT2D eigenvalue weighted by Crippen LogP contribution is 2.28. The van der Waals surface area contributed by atoms with Gasteiger partial charge in [0.15, 0.2) is 5.82 Å². The molecule has 41 heavy (non-hydrogen) atoms. The molecule has 2 aliphatic rings. The first-order valence-corrected chi connectivity index (χ1v) is 14.8. The number of nitrogens with zero attached hydrogens (tertiary/aromatic N) is 5. The van der Waals surface area contributed by atoms with Crippen LogP contribution in [0.3, 0.4) is 0 Å². The topological polar surface area (TPSA) is 144 Å². The van der Waals surface area contributed by atoms with Gasteiger partial charge < -0.3 is 30.6 Å². The molecule has 0 unspecified atom stereocenters. The van der Waals surface area contributed by atoms with Gasteiger partial charge in [-0.3, -0.25) is 15.7 Å². The predicted molar refractivity (Wildman–Crippen MR) is 165 cm³/mol. The van der Waals surface area contributed by atoms with Gasteiger partial charge in [-0.25, -0.2) is 4.98 Å². The average Bonchev–Trinajstić information content (AvgIpc) is 3.38. The zero-order chi connectivity index (χ0) is 28.8. The number of aromatic nitrogens is 3. The first-order chi connectivity index (χ1) is 20.0. The standard InChI is InChI=1S/C30H44N10O/c1-3-4-5-11-35-29-27-24(36-30(33)37-29)10-15-39(27)20-23-7-6-21(17-25(23)41-2)19-38-13-8-22(9-14-38)28(32)40-16-12-34-18-26(40)31/h6-7,10,15,17,22,31-32,34H,3-5,8-9,11-14,16,18-20H2,1-2H3,(H3,33,35,36,37). The van der Waals surface area contributed by atoms with Gasteiger partial charge in [0.05, 0.1) is 25.7 Å². The van der Waals surface area contributed by atoms with Crippen LogP contribution in [0.15, 0.2) is 30.5 Å². The minimum Gasteiger partial charge on any atom is -0.496 e. The number of amidine groups is 2. The van der Waals surface area contributed by atoms with Crippen molar-refractivity contribution in [3.63, 3.8) is 0 Å². The third-order valence-electron chi connectivity index (χ3n) is 8.19. The van der Waals surface area contributed by atoms with Crippen LogP contribution < -0.4 is 21.1 Å². The van der Waals surface area contributed by atoms with E-state index in [1.165, 1.54) is 18.4 Å². The van der Waals surface area contributed by atoms with Crippen molar-refractivity contribution in [1.82, 2.24) is 29.7 Å². The van der Waals surface area contributed by atoms with E-state index >= 15 is 0 Å². The molecule has 0 atom stereocenters. The molecule has 0 aliphatic carbocycles. The number of nitrogens with two attached hydrogens (primary N) is 1. The minimum atomic E-state index is 0.225. The third-order valence-corrected chi connectivity index (χ3v) is 8.19. The van der Waals surface area contributed by atoms with E-state index in [-0.39, 0.29) is 11.9 Å². The number of piperidine rings is 1. The highest BCUT2D eigenvalue weighted by atomic mass is 16.5. The summed E-state index contributed by atoms with van der Waals surface area (Å²) >= 11 is 0. The van der Waals surface area contributed by atoms with Crippen LogP contribution in [-0.4, -0.2) is 82.4 Å². The van der Waals surface area contributed by atoms with Crippen LogP contribution in [0.5, 0.6) is 5.75 Å². The highest BCUT2D eigenvalue weighted by Gasteiger charge is 2.28. The largest absolute Gasteiger partial charge is 0.496 e. The number of hydrogen-bond donors (Lipinski definition) is 5. The van der Waals surface area contributed by atoms with Crippen molar-refractivity contribution in [1.29, 1.82) is 10.8 Å². The molecule has 0 radical (unpaired) electrons. The number of nitrogens with one attached hydrogen (secondary N) is 4. The predicted octanol–water partition coefficient (Wildman–Crippen LogP) is 3.74. The van der Waals surface area contributed by atoms with Crippen molar-refractivity contribution in [2.45, 2.75) is 52.1 Å². The number of rotatable bonds is 11. The number of anilines is 2. The van der Waals surface area contributed by atoms with Crippen molar-refractivity contribution >= 4 is 34.5 Å². The van der Waals surface area contributed by atoms with Crippen LogP contribution in [0.4, 0.5) is 11.8 Å².